The number of hydrogen-bond acceptors (Lipinski definition) is 4. The molecule has 0 aromatic carbocycles. The first kappa shape index (κ1) is 11.3. The topological polar surface area (TPSA) is 55.6 Å². The zero-order valence-corrected chi connectivity index (χ0v) is 10.7. The van der Waals surface area contributed by atoms with Gasteiger partial charge in [0.2, 0.25) is 0 Å². The van der Waals surface area contributed by atoms with Crippen molar-refractivity contribution in [2.24, 2.45) is 0 Å². The van der Waals surface area contributed by atoms with E-state index in [1.165, 1.54) is 0 Å². The van der Waals surface area contributed by atoms with Crippen LogP contribution in [0.25, 0.3) is 11.4 Å². The summed E-state index contributed by atoms with van der Waals surface area (Å²) in [6.07, 6.45) is 4.71. The highest BCUT2D eigenvalue weighted by atomic mass is 15.3. The molecule has 18 heavy (non-hydrogen) atoms. The van der Waals surface area contributed by atoms with Gasteiger partial charge in [0.1, 0.15) is 0 Å². The molecule has 0 radical (unpaired) electrons. The van der Waals surface area contributed by atoms with Crippen LogP contribution in [0.3, 0.4) is 0 Å². The molecular weight excluding hydrogens is 226 g/mol. The minimum Gasteiger partial charge on any atom is -0.308 e. The molecule has 1 N–H and O–H groups in total. The molecule has 0 saturated heterocycles. The summed E-state index contributed by atoms with van der Waals surface area (Å²) in [7, 11) is 0. The summed E-state index contributed by atoms with van der Waals surface area (Å²) in [6, 6.07) is 2.33. The zero-order valence-electron chi connectivity index (χ0n) is 10.7. The molecule has 3 heterocycles. The molecule has 5 nitrogen and oxygen atoms in total. The Morgan fingerprint density at radius 1 is 1.44 bits per heavy atom. The van der Waals surface area contributed by atoms with Gasteiger partial charge < -0.3 is 9.88 Å². The van der Waals surface area contributed by atoms with E-state index in [4.69, 9.17) is 0 Å². The molecule has 0 bridgehead atoms. The average Bonchev–Trinajstić information content (AvgIpc) is 2.83. The fraction of sp³-hybridized carbons (Fsp3) is 0.462. The Labute approximate surface area is 106 Å². The lowest BCUT2D eigenvalue weighted by molar-refractivity contribution is 0.407. The molecule has 2 aromatic heterocycles. The lowest BCUT2D eigenvalue weighted by Crippen LogP contribution is -2.33. The highest BCUT2D eigenvalue weighted by Crippen LogP contribution is 2.26. The summed E-state index contributed by atoms with van der Waals surface area (Å²) in [5, 5.41) is 12.2. The maximum absolute atomic E-state index is 4.37. The number of aryl methyl sites for hydroxylation is 1. The van der Waals surface area contributed by atoms with Crippen LogP contribution in [0, 0.1) is 6.92 Å². The monoisotopic (exact) mass is 243 g/mol. The van der Waals surface area contributed by atoms with Crippen LogP contribution in [0.2, 0.25) is 0 Å². The Balaban J connectivity index is 2.10. The zero-order chi connectivity index (χ0) is 12.5. The summed E-state index contributed by atoms with van der Waals surface area (Å²) in [6.45, 7) is 6.12. The van der Waals surface area contributed by atoms with Crippen molar-refractivity contribution < 1.29 is 0 Å². The molecule has 3 rings (SSSR count). The fourth-order valence-corrected chi connectivity index (χ4v) is 2.49. The molecule has 2 aromatic rings. The van der Waals surface area contributed by atoms with Crippen molar-refractivity contribution in [2.45, 2.75) is 32.9 Å². The standard InChI is InChI=1S/C13H17N5/c1-3-11-13-17-16-12(18(13)7-6-15-11)10-4-5-14-8-9(10)2/h4-5,8,11,15H,3,6-7H2,1-2H3. The van der Waals surface area contributed by atoms with Gasteiger partial charge in [-0.3, -0.25) is 4.98 Å². The van der Waals surface area contributed by atoms with Crippen molar-refractivity contribution in [2.75, 3.05) is 6.54 Å². The first-order chi connectivity index (χ1) is 8.81. The van der Waals surface area contributed by atoms with E-state index in [1.54, 1.807) is 0 Å². The van der Waals surface area contributed by atoms with E-state index in [2.05, 4.69) is 38.9 Å². The van der Waals surface area contributed by atoms with E-state index < -0.39 is 0 Å². The van der Waals surface area contributed by atoms with E-state index in [-0.39, 0.29) is 0 Å². The van der Waals surface area contributed by atoms with Gasteiger partial charge in [0.15, 0.2) is 11.6 Å². The van der Waals surface area contributed by atoms with Crippen LogP contribution >= 0.6 is 0 Å². The van der Waals surface area contributed by atoms with Gasteiger partial charge >= 0.3 is 0 Å². The molecule has 1 unspecified atom stereocenters. The quantitative estimate of drug-likeness (QED) is 0.872. The summed E-state index contributed by atoms with van der Waals surface area (Å²) in [4.78, 5) is 4.13. The van der Waals surface area contributed by atoms with Crippen LogP contribution in [0.15, 0.2) is 18.5 Å². The average molecular weight is 243 g/mol. The Kier molecular flexibility index (Phi) is 2.83. The molecule has 5 heteroatoms. The van der Waals surface area contributed by atoms with Gasteiger partial charge in [-0.15, -0.1) is 10.2 Å². The van der Waals surface area contributed by atoms with Crippen LogP contribution in [-0.2, 0) is 6.54 Å². The number of nitrogens with one attached hydrogen (secondary N) is 1. The van der Waals surface area contributed by atoms with Crippen molar-refractivity contribution in [1.29, 1.82) is 0 Å². The van der Waals surface area contributed by atoms with Crippen molar-refractivity contribution in [1.82, 2.24) is 25.1 Å². The number of nitrogens with zero attached hydrogens (tertiary/aromatic N) is 4. The van der Waals surface area contributed by atoms with Gasteiger partial charge in [-0.05, 0) is 25.0 Å². The second-order valence-corrected chi connectivity index (χ2v) is 4.64. The fourth-order valence-electron chi connectivity index (χ4n) is 2.49. The smallest absolute Gasteiger partial charge is 0.164 e. The van der Waals surface area contributed by atoms with Crippen molar-refractivity contribution in [3.8, 4) is 11.4 Å². The lowest BCUT2D eigenvalue weighted by atomic mass is 10.1. The minimum atomic E-state index is 0.321. The Bertz CT molecular complexity index is 560. The second kappa shape index (κ2) is 4.49. The summed E-state index contributed by atoms with van der Waals surface area (Å²) in [5.74, 6) is 2.01. The van der Waals surface area contributed by atoms with Crippen LogP contribution in [0.4, 0.5) is 0 Å². The number of fused-ring (bicyclic) bond motifs is 1. The van der Waals surface area contributed by atoms with E-state index in [9.17, 15) is 0 Å². The van der Waals surface area contributed by atoms with Gasteiger partial charge in [-0.25, -0.2) is 0 Å². The molecule has 0 aliphatic carbocycles. The summed E-state index contributed by atoms with van der Waals surface area (Å²) >= 11 is 0. The highest BCUT2D eigenvalue weighted by Gasteiger charge is 2.24. The third kappa shape index (κ3) is 1.71. The largest absolute Gasteiger partial charge is 0.308 e. The first-order valence-electron chi connectivity index (χ1n) is 6.38. The maximum atomic E-state index is 4.37. The Morgan fingerprint density at radius 2 is 2.33 bits per heavy atom. The van der Waals surface area contributed by atoms with Gasteiger partial charge in [0, 0.05) is 31.0 Å². The third-order valence-electron chi connectivity index (χ3n) is 3.49. The predicted octanol–water partition coefficient (Wildman–Crippen LogP) is 1.70. The molecule has 94 valence electrons. The first-order valence-corrected chi connectivity index (χ1v) is 6.38. The second-order valence-electron chi connectivity index (χ2n) is 4.64. The van der Waals surface area contributed by atoms with E-state index >= 15 is 0 Å². The van der Waals surface area contributed by atoms with E-state index in [0.717, 1.165) is 42.3 Å². The van der Waals surface area contributed by atoms with Crippen LogP contribution in [-0.4, -0.2) is 26.3 Å². The van der Waals surface area contributed by atoms with E-state index in [1.807, 2.05) is 18.5 Å². The molecule has 0 spiro atoms. The number of rotatable bonds is 2. The van der Waals surface area contributed by atoms with Crippen LogP contribution in [0.1, 0.15) is 30.8 Å². The molecule has 1 aliphatic heterocycles. The molecule has 1 aliphatic rings. The van der Waals surface area contributed by atoms with Crippen molar-refractivity contribution >= 4 is 0 Å². The molecule has 1 atom stereocenters. The van der Waals surface area contributed by atoms with Gasteiger partial charge in [0.05, 0.1) is 6.04 Å². The van der Waals surface area contributed by atoms with E-state index in [0.29, 0.717) is 6.04 Å². The van der Waals surface area contributed by atoms with Gasteiger partial charge in [-0.1, -0.05) is 6.92 Å². The number of aromatic nitrogens is 4. The molecular formula is C13H17N5. The lowest BCUT2D eigenvalue weighted by Gasteiger charge is -2.24. The minimum absolute atomic E-state index is 0.321. The summed E-state index contributed by atoms with van der Waals surface area (Å²) < 4.78 is 2.23. The SMILES string of the molecule is CCC1NCCn2c(-c3ccncc3C)nnc21. The van der Waals surface area contributed by atoms with Crippen molar-refractivity contribution in [3.63, 3.8) is 0 Å². The maximum Gasteiger partial charge on any atom is 0.164 e. The predicted molar refractivity (Wildman–Crippen MR) is 69.0 cm³/mol. The molecule has 0 saturated carbocycles. The van der Waals surface area contributed by atoms with Crippen LogP contribution < -0.4 is 5.32 Å². The Hall–Kier alpha value is -1.75. The Morgan fingerprint density at radius 3 is 3.11 bits per heavy atom. The normalized spacial score (nSPS) is 18.7. The molecule has 0 fully saturated rings. The highest BCUT2D eigenvalue weighted by molar-refractivity contribution is 5.59. The third-order valence-corrected chi connectivity index (χ3v) is 3.49. The summed E-state index contributed by atoms with van der Waals surface area (Å²) in [5.41, 5.74) is 2.26. The number of hydrogen-bond donors (Lipinski definition) is 1. The van der Waals surface area contributed by atoms with Crippen molar-refractivity contribution in [3.05, 3.63) is 29.8 Å². The van der Waals surface area contributed by atoms with Gasteiger partial charge in [-0.2, -0.15) is 0 Å². The number of pyridine rings is 1. The molecule has 0 amide bonds. The van der Waals surface area contributed by atoms with Gasteiger partial charge in [0.25, 0.3) is 0 Å². The van der Waals surface area contributed by atoms with Crippen LogP contribution in [0.5, 0.6) is 0 Å².